The number of likely N-dealkylation sites (tertiary alicyclic amines) is 1. The summed E-state index contributed by atoms with van der Waals surface area (Å²) in [5, 5.41) is 18.1. The van der Waals surface area contributed by atoms with E-state index >= 15 is 0 Å². The number of amides is 2. The minimum Gasteiger partial charge on any atom is -0.391 e. The Morgan fingerprint density at radius 1 is 1.25 bits per heavy atom. The molecule has 2 amide bonds. The minimum absolute atomic E-state index is 0.0683. The number of β-amino-alcohol motifs (C(OH)–C–C–N with tert-alkyl or cyclic N) is 1. The lowest BCUT2D eigenvalue weighted by Gasteiger charge is -2.29. The highest BCUT2D eigenvalue weighted by molar-refractivity contribution is 7.98. The summed E-state index contributed by atoms with van der Waals surface area (Å²) in [5.74, 6) is -0.688. The van der Waals surface area contributed by atoms with Crippen LogP contribution in [0.5, 0.6) is 0 Å². The molecule has 0 radical (unpaired) electrons. The van der Waals surface area contributed by atoms with Crippen LogP contribution in [-0.4, -0.2) is 56.9 Å². The van der Waals surface area contributed by atoms with Crippen molar-refractivity contribution < 1.29 is 19.2 Å². The van der Waals surface area contributed by atoms with Gasteiger partial charge in [-0.25, -0.2) is 4.98 Å². The number of aryl methyl sites for hydroxylation is 1. The summed E-state index contributed by atoms with van der Waals surface area (Å²) in [4.78, 5) is 33.9. The van der Waals surface area contributed by atoms with Gasteiger partial charge in [0.05, 0.1) is 28.2 Å². The minimum atomic E-state index is -0.758. The molecule has 1 aromatic carbocycles. The van der Waals surface area contributed by atoms with E-state index in [1.165, 1.54) is 16.7 Å². The summed E-state index contributed by atoms with van der Waals surface area (Å²) < 4.78 is 5.46. The van der Waals surface area contributed by atoms with Crippen molar-refractivity contribution in [3.05, 3.63) is 52.9 Å². The van der Waals surface area contributed by atoms with Gasteiger partial charge < -0.3 is 19.8 Å². The molecule has 1 unspecified atom stereocenters. The van der Waals surface area contributed by atoms with Crippen LogP contribution >= 0.6 is 23.1 Å². The molecule has 0 aliphatic carbocycles. The fourth-order valence-electron chi connectivity index (χ4n) is 4.63. The SMILES string of the molecule is CSc1cc(C(C(=O)N2C[C@H](O)C[C@H]2C(=O)N[C@@H](C)c2ccc(-c3scnc3C)cc2)C(C)C)on1. The number of thioether (sulfide) groups is 1. The van der Waals surface area contributed by atoms with E-state index in [4.69, 9.17) is 4.52 Å². The van der Waals surface area contributed by atoms with Gasteiger partial charge >= 0.3 is 0 Å². The van der Waals surface area contributed by atoms with Crippen molar-refractivity contribution in [2.24, 2.45) is 5.92 Å². The van der Waals surface area contributed by atoms with E-state index in [9.17, 15) is 14.7 Å². The average molecular weight is 529 g/mol. The van der Waals surface area contributed by atoms with Crippen molar-refractivity contribution in [3.8, 4) is 10.4 Å². The Bertz CT molecular complexity index is 1210. The molecule has 192 valence electrons. The van der Waals surface area contributed by atoms with Crippen LogP contribution in [0.3, 0.4) is 0 Å². The topological polar surface area (TPSA) is 109 Å². The second kappa shape index (κ2) is 11.1. The highest BCUT2D eigenvalue weighted by atomic mass is 32.2. The first kappa shape index (κ1) is 26.4. The molecule has 4 rings (SSSR count). The molecular weight excluding hydrogens is 496 g/mol. The molecule has 3 aromatic rings. The van der Waals surface area contributed by atoms with E-state index in [0.717, 1.165) is 21.7 Å². The Kier molecular flexibility index (Phi) is 8.17. The molecule has 0 spiro atoms. The highest BCUT2D eigenvalue weighted by Gasteiger charge is 2.43. The predicted octanol–water partition coefficient (Wildman–Crippen LogP) is 4.41. The van der Waals surface area contributed by atoms with Crippen LogP contribution in [0, 0.1) is 12.8 Å². The van der Waals surface area contributed by atoms with Gasteiger partial charge in [-0.15, -0.1) is 23.1 Å². The average Bonchev–Trinajstić information content (AvgIpc) is 3.58. The number of benzene rings is 1. The van der Waals surface area contributed by atoms with Gasteiger partial charge in [0.2, 0.25) is 11.8 Å². The Balaban J connectivity index is 1.47. The van der Waals surface area contributed by atoms with Crippen molar-refractivity contribution >= 4 is 34.9 Å². The van der Waals surface area contributed by atoms with Gasteiger partial charge in [-0.2, -0.15) is 0 Å². The van der Waals surface area contributed by atoms with Gasteiger partial charge in [0.25, 0.3) is 0 Å². The molecule has 0 bridgehead atoms. The van der Waals surface area contributed by atoms with Crippen LogP contribution in [-0.2, 0) is 9.59 Å². The number of nitrogens with zero attached hydrogens (tertiary/aromatic N) is 3. The number of aliphatic hydroxyl groups excluding tert-OH is 1. The van der Waals surface area contributed by atoms with Crippen LogP contribution < -0.4 is 5.32 Å². The zero-order valence-electron chi connectivity index (χ0n) is 21.1. The lowest BCUT2D eigenvalue weighted by atomic mass is 9.91. The van der Waals surface area contributed by atoms with Crippen molar-refractivity contribution in [2.75, 3.05) is 12.8 Å². The third-order valence-corrected chi connectivity index (χ3v) is 8.19. The number of carbonyl (C=O) groups excluding carboxylic acids is 2. The standard InChI is InChI=1S/C26H32N4O4S2/c1-14(2)23(21-11-22(35-5)29-34-21)26(33)30-12-19(31)10-20(30)25(32)28-15(3)17-6-8-18(9-7-17)24-16(4)27-13-36-24/h6-9,11,13-15,19-20,23,31H,10,12H2,1-5H3,(H,28,32)/t15-,19+,20-,23?/m0/s1. The third-order valence-electron chi connectivity index (χ3n) is 6.60. The zero-order chi connectivity index (χ0) is 26.0. The molecule has 2 N–H and O–H groups in total. The van der Waals surface area contributed by atoms with E-state index in [2.05, 4.69) is 15.5 Å². The van der Waals surface area contributed by atoms with Crippen LogP contribution in [0.25, 0.3) is 10.4 Å². The molecule has 1 aliphatic rings. The number of carbonyl (C=O) groups is 2. The first-order chi connectivity index (χ1) is 17.2. The number of rotatable bonds is 8. The van der Waals surface area contributed by atoms with Crippen LogP contribution in [0.2, 0.25) is 0 Å². The number of hydrogen-bond donors (Lipinski definition) is 2. The summed E-state index contributed by atoms with van der Waals surface area (Å²) in [7, 11) is 0. The first-order valence-corrected chi connectivity index (χ1v) is 14.1. The molecule has 1 saturated heterocycles. The number of aromatic nitrogens is 2. The molecule has 1 fully saturated rings. The molecular formula is C26H32N4O4S2. The van der Waals surface area contributed by atoms with Crippen LogP contribution in [0.1, 0.15) is 56.2 Å². The molecule has 2 aromatic heterocycles. The molecule has 1 aliphatic heterocycles. The lowest BCUT2D eigenvalue weighted by Crippen LogP contribution is -2.48. The van der Waals surface area contributed by atoms with Crippen LogP contribution in [0.15, 0.2) is 45.4 Å². The molecule has 4 atom stereocenters. The monoisotopic (exact) mass is 528 g/mol. The normalized spacial score (nSPS) is 19.5. The second-order valence-electron chi connectivity index (χ2n) is 9.51. The maximum absolute atomic E-state index is 13.6. The van der Waals surface area contributed by atoms with E-state index in [1.807, 2.05) is 63.7 Å². The van der Waals surface area contributed by atoms with Crippen molar-refractivity contribution in [1.82, 2.24) is 20.4 Å². The summed E-state index contributed by atoms with van der Waals surface area (Å²) >= 11 is 3.04. The van der Waals surface area contributed by atoms with Crippen molar-refractivity contribution in [2.45, 2.75) is 63.2 Å². The number of thiazole rings is 1. The summed E-state index contributed by atoms with van der Waals surface area (Å²) in [6.07, 6.45) is 1.33. The summed E-state index contributed by atoms with van der Waals surface area (Å²) in [6.45, 7) is 7.88. The fourth-order valence-corrected chi connectivity index (χ4v) is 5.79. The second-order valence-corrected chi connectivity index (χ2v) is 11.2. The largest absolute Gasteiger partial charge is 0.391 e. The summed E-state index contributed by atoms with van der Waals surface area (Å²) in [5.41, 5.74) is 4.87. The zero-order valence-corrected chi connectivity index (χ0v) is 22.7. The van der Waals surface area contributed by atoms with Gasteiger partial charge in [0.1, 0.15) is 17.0 Å². The number of aliphatic hydroxyl groups is 1. The van der Waals surface area contributed by atoms with Crippen molar-refractivity contribution in [1.29, 1.82) is 0 Å². The van der Waals surface area contributed by atoms with E-state index in [-0.39, 0.29) is 36.7 Å². The van der Waals surface area contributed by atoms with Gasteiger partial charge in [-0.1, -0.05) is 43.3 Å². The molecule has 36 heavy (non-hydrogen) atoms. The Labute approximate surface area is 219 Å². The quantitative estimate of drug-likeness (QED) is 0.417. The van der Waals surface area contributed by atoms with Gasteiger partial charge in [0.15, 0.2) is 5.76 Å². The fraction of sp³-hybridized carbons (Fsp3) is 0.462. The molecule has 0 saturated carbocycles. The smallest absolute Gasteiger partial charge is 0.243 e. The molecule has 10 heteroatoms. The predicted molar refractivity (Wildman–Crippen MR) is 141 cm³/mol. The Hall–Kier alpha value is -2.69. The van der Waals surface area contributed by atoms with Crippen LogP contribution in [0.4, 0.5) is 0 Å². The van der Waals surface area contributed by atoms with E-state index in [1.54, 1.807) is 17.4 Å². The van der Waals surface area contributed by atoms with Gasteiger partial charge in [-0.05, 0) is 37.1 Å². The molecule has 8 nitrogen and oxygen atoms in total. The van der Waals surface area contributed by atoms with Crippen molar-refractivity contribution in [3.63, 3.8) is 0 Å². The number of hydrogen-bond acceptors (Lipinski definition) is 8. The third kappa shape index (κ3) is 5.50. The van der Waals surface area contributed by atoms with Gasteiger partial charge in [0, 0.05) is 19.0 Å². The highest BCUT2D eigenvalue weighted by Crippen LogP contribution is 2.33. The Morgan fingerprint density at radius 3 is 2.56 bits per heavy atom. The maximum atomic E-state index is 13.6. The lowest BCUT2D eigenvalue weighted by molar-refractivity contribution is -0.141. The van der Waals surface area contributed by atoms with Gasteiger partial charge in [-0.3, -0.25) is 9.59 Å². The van der Waals surface area contributed by atoms with E-state index in [0.29, 0.717) is 10.8 Å². The summed E-state index contributed by atoms with van der Waals surface area (Å²) in [6, 6.07) is 8.81. The first-order valence-electron chi connectivity index (χ1n) is 12.0. The number of nitrogens with one attached hydrogen (secondary N) is 1. The Morgan fingerprint density at radius 2 is 1.97 bits per heavy atom. The molecule has 3 heterocycles. The maximum Gasteiger partial charge on any atom is 0.243 e. The van der Waals surface area contributed by atoms with E-state index < -0.39 is 18.1 Å².